The number of nitrogens with one attached hydrogen (secondary N) is 1. The molecule has 3 aromatic carbocycles. The molecule has 3 rings (SSSR count). The van der Waals surface area contributed by atoms with E-state index in [2.05, 4.69) is 30.4 Å². The standard InChI is InChI=1S/C22H21NO2/c1-2-16-25-20-13-11-19(12-14-20)23-22(24)15-10-18-8-5-7-17-6-3-4-9-21(17)18/h3-15H,2,16H2,1H3,(H,23,24)/b15-10+. The zero-order valence-electron chi connectivity index (χ0n) is 14.2. The van der Waals surface area contributed by atoms with Gasteiger partial charge in [-0.05, 0) is 53.1 Å². The Hall–Kier alpha value is -3.07. The minimum Gasteiger partial charge on any atom is -0.494 e. The first-order chi connectivity index (χ1) is 12.3. The summed E-state index contributed by atoms with van der Waals surface area (Å²) in [4.78, 5) is 12.1. The lowest BCUT2D eigenvalue weighted by atomic mass is 10.0. The molecule has 3 aromatic rings. The van der Waals surface area contributed by atoms with E-state index in [-0.39, 0.29) is 5.91 Å². The van der Waals surface area contributed by atoms with E-state index in [1.807, 2.05) is 54.6 Å². The minimum absolute atomic E-state index is 0.157. The van der Waals surface area contributed by atoms with Crippen molar-refractivity contribution < 1.29 is 9.53 Å². The normalized spacial score (nSPS) is 10.9. The number of carbonyl (C=O) groups is 1. The van der Waals surface area contributed by atoms with Crippen LogP contribution in [0.4, 0.5) is 5.69 Å². The first-order valence-corrected chi connectivity index (χ1v) is 8.46. The van der Waals surface area contributed by atoms with Crippen molar-refractivity contribution in [2.24, 2.45) is 0 Å². The molecule has 1 N–H and O–H groups in total. The molecule has 3 heteroatoms. The van der Waals surface area contributed by atoms with Crippen molar-refractivity contribution in [1.29, 1.82) is 0 Å². The van der Waals surface area contributed by atoms with Crippen LogP contribution in [0.2, 0.25) is 0 Å². The molecule has 0 aromatic heterocycles. The van der Waals surface area contributed by atoms with Crippen LogP contribution in [-0.4, -0.2) is 12.5 Å². The highest BCUT2D eigenvalue weighted by molar-refractivity contribution is 6.03. The van der Waals surface area contributed by atoms with Crippen LogP contribution in [0.3, 0.4) is 0 Å². The van der Waals surface area contributed by atoms with Crippen LogP contribution in [0.25, 0.3) is 16.8 Å². The van der Waals surface area contributed by atoms with Crippen molar-refractivity contribution in [3.8, 4) is 5.75 Å². The maximum absolute atomic E-state index is 12.1. The number of ether oxygens (including phenoxy) is 1. The highest BCUT2D eigenvalue weighted by atomic mass is 16.5. The summed E-state index contributed by atoms with van der Waals surface area (Å²) in [7, 11) is 0. The van der Waals surface area contributed by atoms with Gasteiger partial charge in [0.15, 0.2) is 0 Å². The topological polar surface area (TPSA) is 38.3 Å². The Kier molecular flexibility index (Phi) is 5.47. The molecule has 1 amide bonds. The Morgan fingerprint density at radius 3 is 2.56 bits per heavy atom. The second-order valence-corrected chi connectivity index (χ2v) is 5.76. The molecule has 126 valence electrons. The van der Waals surface area contributed by atoms with Crippen LogP contribution in [0.1, 0.15) is 18.9 Å². The van der Waals surface area contributed by atoms with Crippen molar-refractivity contribution in [3.05, 3.63) is 78.4 Å². The van der Waals surface area contributed by atoms with Gasteiger partial charge < -0.3 is 10.1 Å². The van der Waals surface area contributed by atoms with Gasteiger partial charge in [0, 0.05) is 11.8 Å². The fourth-order valence-electron chi connectivity index (χ4n) is 2.60. The Morgan fingerprint density at radius 2 is 1.76 bits per heavy atom. The largest absolute Gasteiger partial charge is 0.494 e. The maximum Gasteiger partial charge on any atom is 0.248 e. The number of benzene rings is 3. The molecule has 0 heterocycles. The molecule has 3 nitrogen and oxygen atoms in total. The minimum atomic E-state index is -0.157. The molecule has 0 saturated carbocycles. The molecule has 0 unspecified atom stereocenters. The fourth-order valence-corrected chi connectivity index (χ4v) is 2.60. The third-order valence-corrected chi connectivity index (χ3v) is 3.83. The van der Waals surface area contributed by atoms with Gasteiger partial charge in [0.1, 0.15) is 5.75 Å². The molecular formula is C22H21NO2. The SMILES string of the molecule is CCCOc1ccc(NC(=O)/C=C/c2cccc3ccccc23)cc1. The van der Waals surface area contributed by atoms with Gasteiger partial charge in [-0.3, -0.25) is 4.79 Å². The summed E-state index contributed by atoms with van der Waals surface area (Å²) < 4.78 is 5.53. The Labute approximate surface area is 147 Å². The van der Waals surface area contributed by atoms with Crippen LogP contribution in [0.15, 0.2) is 72.8 Å². The summed E-state index contributed by atoms with van der Waals surface area (Å²) in [6.07, 6.45) is 4.37. The number of fused-ring (bicyclic) bond motifs is 1. The van der Waals surface area contributed by atoms with Gasteiger partial charge in [-0.1, -0.05) is 49.4 Å². The van der Waals surface area contributed by atoms with Gasteiger partial charge in [-0.2, -0.15) is 0 Å². The Morgan fingerprint density at radius 1 is 1.00 bits per heavy atom. The number of hydrogen-bond donors (Lipinski definition) is 1. The van der Waals surface area contributed by atoms with Gasteiger partial charge >= 0.3 is 0 Å². The molecular weight excluding hydrogens is 310 g/mol. The number of rotatable bonds is 6. The van der Waals surface area contributed by atoms with Crippen LogP contribution >= 0.6 is 0 Å². The molecule has 0 aliphatic heterocycles. The van der Waals surface area contributed by atoms with E-state index in [0.717, 1.165) is 34.2 Å². The summed E-state index contributed by atoms with van der Waals surface area (Å²) in [6.45, 7) is 2.76. The lowest BCUT2D eigenvalue weighted by Gasteiger charge is -2.06. The molecule has 0 spiro atoms. The summed E-state index contributed by atoms with van der Waals surface area (Å²) in [5.41, 5.74) is 1.77. The number of hydrogen-bond acceptors (Lipinski definition) is 2. The molecule has 0 saturated heterocycles. The molecule has 0 fully saturated rings. The van der Waals surface area contributed by atoms with Crippen molar-refractivity contribution >= 4 is 28.4 Å². The van der Waals surface area contributed by atoms with E-state index in [1.165, 1.54) is 0 Å². The molecule has 0 atom stereocenters. The number of amides is 1. The van der Waals surface area contributed by atoms with Gasteiger partial charge in [0.05, 0.1) is 6.61 Å². The predicted octanol–water partition coefficient (Wildman–Crippen LogP) is 5.28. The van der Waals surface area contributed by atoms with Crippen LogP contribution in [-0.2, 0) is 4.79 Å². The monoisotopic (exact) mass is 331 g/mol. The summed E-state index contributed by atoms with van der Waals surface area (Å²) >= 11 is 0. The van der Waals surface area contributed by atoms with Crippen molar-refractivity contribution in [1.82, 2.24) is 0 Å². The smallest absolute Gasteiger partial charge is 0.248 e. The number of anilines is 1. The van der Waals surface area contributed by atoms with Gasteiger partial charge in [0.2, 0.25) is 5.91 Å². The maximum atomic E-state index is 12.1. The predicted molar refractivity (Wildman–Crippen MR) is 104 cm³/mol. The van der Waals surface area contributed by atoms with Gasteiger partial charge in [0.25, 0.3) is 0 Å². The highest BCUT2D eigenvalue weighted by Crippen LogP contribution is 2.20. The molecule has 0 aliphatic carbocycles. The van der Waals surface area contributed by atoms with E-state index in [1.54, 1.807) is 6.08 Å². The van der Waals surface area contributed by atoms with E-state index in [0.29, 0.717) is 6.61 Å². The molecule has 0 bridgehead atoms. The van der Waals surface area contributed by atoms with E-state index >= 15 is 0 Å². The average Bonchev–Trinajstić information content (AvgIpc) is 2.66. The third-order valence-electron chi connectivity index (χ3n) is 3.83. The Balaban J connectivity index is 1.66. The highest BCUT2D eigenvalue weighted by Gasteiger charge is 2.01. The zero-order valence-corrected chi connectivity index (χ0v) is 14.2. The lowest BCUT2D eigenvalue weighted by molar-refractivity contribution is -0.111. The first kappa shape index (κ1) is 16.8. The van der Waals surface area contributed by atoms with E-state index in [4.69, 9.17) is 4.74 Å². The second kappa shape index (κ2) is 8.15. The Bertz CT molecular complexity index is 877. The lowest BCUT2D eigenvalue weighted by Crippen LogP contribution is -2.07. The van der Waals surface area contributed by atoms with E-state index in [9.17, 15) is 4.79 Å². The van der Waals surface area contributed by atoms with Gasteiger partial charge in [-0.15, -0.1) is 0 Å². The summed E-state index contributed by atoms with van der Waals surface area (Å²) in [5, 5.41) is 5.15. The first-order valence-electron chi connectivity index (χ1n) is 8.46. The zero-order chi connectivity index (χ0) is 17.5. The second-order valence-electron chi connectivity index (χ2n) is 5.76. The average molecular weight is 331 g/mol. The fraction of sp³-hybridized carbons (Fsp3) is 0.136. The molecule has 25 heavy (non-hydrogen) atoms. The van der Waals surface area contributed by atoms with Crippen molar-refractivity contribution in [2.75, 3.05) is 11.9 Å². The third kappa shape index (κ3) is 4.48. The van der Waals surface area contributed by atoms with Crippen molar-refractivity contribution in [3.63, 3.8) is 0 Å². The quantitative estimate of drug-likeness (QED) is 0.624. The van der Waals surface area contributed by atoms with Crippen LogP contribution < -0.4 is 10.1 Å². The molecule has 0 aliphatic rings. The van der Waals surface area contributed by atoms with E-state index < -0.39 is 0 Å². The van der Waals surface area contributed by atoms with Crippen molar-refractivity contribution in [2.45, 2.75) is 13.3 Å². The van der Waals surface area contributed by atoms with Crippen LogP contribution in [0, 0.1) is 0 Å². The molecule has 0 radical (unpaired) electrons. The van der Waals surface area contributed by atoms with Gasteiger partial charge in [-0.25, -0.2) is 0 Å². The number of carbonyl (C=O) groups excluding carboxylic acids is 1. The summed E-state index contributed by atoms with van der Waals surface area (Å²) in [5.74, 6) is 0.654. The summed E-state index contributed by atoms with van der Waals surface area (Å²) in [6, 6.07) is 21.6. The van der Waals surface area contributed by atoms with Crippen LogP contribution in [0.5, 0.6) is 5.75 Å².